The lowest BCUT2D eigenvalue weighted by Crippen LogP contribution is -2.53. The number of ether oxygens (including phenoxy) is 1. The van der Waals surface area contributed by atoms with Crippen LogP contribution in [-0.4, -0.2) is 48.1 Å². The molecule has 1 aliphatic heterocycles. The van der Waals surface area contributed by atoms with Crippen LogP contribution in [0.1, 0.15) is 32.3 Å². The second-order valence-corrected chi connectivity index (χ2v) is 6.57. The van der Waals surface area contributed by atoms with Crippen LogP contribution in [0.3, 0.4) is 0 Å². The van der Waals surface area contributed by atoms with Crippen LogP contribution < -0.4 is 10.6 Å². The Bertz CT molecular complexity index is 598. The third kappa shape index (κ3) is 4.13. The van der Waals surface area contributed by atoms with Gasteiger partial charge >= 0.3 is 0 Å². The van der Waals surface area contributed by atoms with Gasteiger partial charge in [0, 0.05) is 31.7 Å². The Hall–Kier alpha value is -1.92. The van der Waals surface area contributed by atoms with Crippen molar-refractivity contribution < 1.29 is 14.3 Å². The molecule has 0 spiro atoms. The third-order valence-electron chi connectivity index (χ3n) is 4.57. The summed E-state index contributed by atoms with van der Waals surface area (Å²) in [5, 5.41) is 6.10. The Morgan fingerprint density at radius 1 is 1.29 bits per heavy atom. The standard InChI is InChI=1S/C18H25N3O3/c1-12-17(19-9-10-24-12)18(23)20-15-5-3-14(4-6-15)11-21(13(2)22)16-7-8-16/h3-6,12,16-17,19H,7-11H2,1-2H3,(H,20,23)/t12-,17+/m1/s1. The van der Waals surface area contributed by atoms with Gasteiger partial charge in [0.05, 0.1) is 12.7 Å². The van der Waals surface area contributed by atoms with Crippen molar-refractivity contribution in [2.24, 2.45) is 0 Å². The van der Waals surface area contributed by atoms with Crippen molar-refractivity contribution in [1.82, 2.24) is 10.2 Å². The Morgan fingerprint density at radius 3 is 2.58 bits per heavy atom. The molecule has 130 valence electrons. The van der Waals surface area contributed by atoms with Crippen LogP contribution in [-0.2, 0) is 20.9 Å². The van der Waals surface area contributed by atoms with E-state index in [4.69, 9.17) is 4.74 Å². The number of amides is 2. The number of morpholine rings is 1. The van der Waals surface area contributed by atoms with Crippen LogP contribution in [0.15, 0.2) is 24.3 Å². The summed E-state index contributed by atoms with van der Waals surface area (Å²) in [6.45, 7) is 5.46. The number of nitrogens with one attached hydrogen (secondary N) is 2. The molecule has 1 heterocycles. The zero-order chi connectivity index (χ0) is 17.1. The summed E-state index contributed by atoms with van der Waals surface area (Å²) in [5.74, 6) is 0.0329. The second kappa shape index (κ2) is 7.32. The molecule has 2 atom stereocenters. The summed E-state index contributed by atoms with van der Waals surface area (Å²) in [5.41, 5.74) is 1.83. The van der Waals surface area contributed by atoms with Gasteiger partial charge in [0.25, 0.3) is 0 Å². The Kier molecular flexibility index (Phi) is 5.16. The maximum atomic E-state index is 12.3. The van der Waals surface area contributed by atoms with E-state index in [2.05, 4.69) is 10.6 Å². The van der Waals surface area contributed by atoms with Crippen molar-refractivity contribution in [3.63, 3.8) is 0 Å². The van der Waals surface area contributed by atoms with Crippen molar-refractivity contribution >= 4 is 17.5 Å². The van der Waals surface area contributed by atoms with Crippen LogP contribution >= 0.6 is 0 Å². The maximum Gasteiger partial charge on any atom is 0.244 e. The molecule has 2 N–H and O–H groups in total. The van der Waals surface area contributed by atoms with Gasteiger partial charge in [-0.25, -0.2) is 0 Å². The number of carbonyl (C=O) groups is 2. The van der Waals surface area contributed by atoms with Gasteiger partial charge in [-0.15, -0.1) is 0 Å². The Morgan fingerprint density at radius 2 is 2.00 bits per heavy atom. The Balaban J connectivity index is 1.57. The van der Waals surface area contributed by atoms with Crippen LogP contribution in [0.5, 0.6) is 0 Å². The van der Waals surface area contributed by atoms with E-state index in [0.29, 0.717) is 25.7 Å². The molecule has 0 radical (unpaired) electrons. The van der Waals surface area contributed by atoms with E-state index in [-0.39, 0.29) is 24.0 Å². The van der Waals surface area contributed by atoms with Crippen molar-refractivity contribution in [3.8, 4) is 0 Å². The largest absolute Gasteiger partial charge is 0.375 e. The summed E-state index contributed by atoms with van der Waals surface area (Å²) < 4.78 is 5.50. The van der Waals surface area contributed by atoms with Gasteiger partial charge < -0.3 is 20.3 Å². The molecule has 0 unspecified atom stereocenters. The fourth-order valence-electron chi connectivity index (χ4n) is 3.02. The van der Waals surface area contributed by atoms with E-state index in [0.717, 1.165) is 24.1 Å². The number of carbonyl (C=O) groups excluding carboxylic acids is 2. The van der Waals surface area contributed by atoms with Crippen molar-refractivity contribution in [2.45, 2.75) is 51.4 Å². The normalized spacial score (nSPS) is 23.6. The van der Waals surface area contributed by atoms with Crippen molar-refractivity contribution in [1.29, 1.82) is 0 Å². The van der Waals surface area contributed by atoms with Crippen LogP contribution in [0.4, 0.5) is 5.69 Å². The van der Waals surface area contributed by atoms with Gasteiger partial charge in [0.15, 0.2) is 0 Å². The molecule has 6 heteroatoms. The number of nitrogens with zero attached hydrogens (tertiary/aromatic N) is 1. The summed E-state index contributed by atoms with van der Waals surface area (Å²) >= 11 is 0. The third-order valence-corrected chi connectivity index (χ3v) is 4.57. The van der Waals surface area contributed by atoms with Crippen molar-refractivity contribution in [3.05, 3.63) is 29.8 Å². The molecule has 6 nitrogen and oxygen atoms in total. The van der Waals surface area contributed by atoms with Gasteiger partial charge in [-0.2, -0.15) is 0 Å². The topological polar surface area (TPSA) is 70.7 Å². The lowest BCUT2D eigenvalue weighted by atomic mass is 10.1. The fraction of sp³-hybridized carbons (Fsp3) is 0.556. The van der Waals surface area contributed by atoms with Crippen LogP contribution in [0.25, 0.3) is 0 Å². The molecular formula is C18H25N3O3. The molecule has 2 aliphatic rings. The molecule has 2 fully saturated rings. The monoisotopic (exact) mass is 331 g/mol. The van der Waals surface area contributed by atoms with E-state index >= 15 is 0 Å². The molecule has 1 aromatic rings. The number of benzene rings is 1. The second-order valence-electron chi connectivity index (χ2n) is 6.57. The fourth-order valence-corrected chi connectivity index (χ4v) is 3.02. The molecule has 1 saturated carbocycles. The van der Waals surface area contributed by atoms with Crippen molar-refractivity contribution in [2.75, 3.05) is 18.5 Å². The first-order valence-electron chi connectivity index (χ1n) is 8.56. The van der Waals surface area contributed by atoms with Crippen LogP contribution in [0.2, 0.25) is 0 Å². The summed E-state index contributed by atoms with van der Waals surface area (Å²) in [6.07, 6.45) is 2.06. The quantitative estimate of drug-likeness (QED) is 0.858. The summed E-state index contributed by atoms with van der Waals surface area (Å²) in [4.78, 5) is 25.9. The van der Waals surface area contributed by atoms with Gasteiger partial charge in [0.1, 0.15) is 6.04 Å². The minimum absolute atomic E-state index is 0.0849. The highest BCUT2D eigenvalue weighted by atomic mass is 16.5. The van der Waals surface area contributed by atoms with E-state index in [1.807, 2.05) is 36.1 Å². The van der Waals surface area contributed by atoms with E-state index in [1.165, 1.54) is 0 Å². The van der Waals surface area contributed by atoms with Gasteiger partial charge in [-0.1, -0.05) is 12.1 Å². The highest BCUT2D eigenvalue weighted by Gasteiger charge is 2.31. The predicted octanol–water partition coefficient (Wildman–Crippen LogP) is 1.51. The predicted molar refractivity (Wildman–Crippen MR) is 91.5 cm³/mol. The molecule has 1 aliphatic carbocycles. The first-order valence-corrected chi connectivity index (χ1v) is 8.56. The smallest absolute Gasteiger partial charge is 0.244 e. The van der Waals surface area contributed by atoms with Crippen LogP contribution in [0, 0.1) is 0 Å². The minimum Gasteiger partial charge on any atom is -0.375 e. The first-order chi connectivity index (χ1) is 11.5. The van der Waals surface area contributed by atoms with E-state index < -0.39 is 0 Å². The Labute approximate surface area is 142 Å². The zero-order valence-electron chi connectivity index (χ0n) is 14.2. The highest BCUT2D eigenvalue weighted by molar-refractivity contribution is 5.95. The first kappa shape index (κ1) is 16.9. The number of hydrogen-bond acceptors (Lipinski definition) is 4. The maximum absolute atomic E-state index is 12.3. The SMILES string of the molecule is CC(=O)N(Cc1ccc(NC(=O)[C@H]2NCCO[C@@H]2C)cc1)C1CC1. The molecule has 3 rings (SSSR count). The van der Waals surface area contributed by atoms with Gasteiger partial charge in [0.2, 0.25) is 11.8 Å². The van der Waals surface area contributed by atoms with Gasteiger partial charge in [-0.05, 0) is 37.5 Å². The highest BCUT2D eigenvalue weighted by Crippen LogP contribution is 2.28. The molecule has 24 heavy (non-hydrogen) atoms. The summed E-state index contributed by atoms with van der Waals surface area (Å²) in [6, 6.07) is 7.76. The average molecular weight is 331 g/mol. The minimum atomic E-state index is -0.332. The van der Waals surface area contributed by atoms with E-state index in [1.54, 1.807) is 6.92 Å². The number of anilines is 1. The van der Waals surface area contributed by atoms with Gasteiger partial charge in [-0.3, -0.25) is 9.59 Å². The average Bonchev–Trinajstić information content (AvgIpc) is 3.39. The lowest BCUT2D eigenvalue weighted by Gasteiger charge is -2.29. The molecule has 0 aromatic heterocycles. The molecule has 1 aromatic carbocycles. The number of rotatable bonds is 5. The molecule has 2 amide bonds. The number of hydrogen-bond donors (Lipinski definition) is 2. The molecular weight excluding hydrogens is 306 g/mol. The molecule has 1 saturated heterocycles. The van der Waals surface area contributed by atoms with E-state index in [9.17, 15) is 9.59 Å². The lowest BCUT2D eigenvalue weighted by molar-refractivity contribution is -0.130. The molecule has 0 bridgehead atoms. The zero-order valence-corrected chi connectivity index (χ0v) is 14.2. The summed E-state index contributed by atoms with van der Waals surface area (Å²) in [7, 11) is 0.